The van der Waals surface area contributed by atoms with Crippen LogP contribution < -0.4 is 4.90 Å². The van der Waals surface area contributed by atoms with Crippen molar-refractivity contribution in [3.05, 3.63) is 50.1 Å². The van der Waals surface area contributed by atoms with Gasteiger partial charge in [-0.25, -0.2) is 0 Å². The zero-order chi connectivity index (χ0) is 17.1. The number of rotatable bonds is 5. The average Bonchev–Trinajstić information content (AvgIpc) is 3.29. The van der Waals surface area contributed by atoms with E-state index < -0.39 is 0 Å². The molecular formula is C18H22N4OS2. The molecule has 1 aliphatic heterocycles. The summed E-state index contributed by atoms with van der Waals surface area (Å²) >= 11 is 3.57. The first-order valence-electron chi connectivity index (χ1n) is 8.61. The third-order valence-electron chi connectivity index (χ3n) is 4.35. The molecule has 5 nitrogen and oxygen atoms in total. The summed E-state index contributed by atoms with van der Waals surface area (Å²) in [6.45, 7) is 6.41. The first-order chi connectivity index (χ1) is 12.3. The van der Waals surface area contributed by atoms with Crippen LogP contribution in [-0.4, -0.2) is 41.1 Å². The molecule has 0 unspecified atom stereocenters. The van der Waals surface area contributed by atoms with Gasteiger partial charge in [-0.2, -0.15) is 0 Å². The van der Waals surface area contributed by atoms with Crippen LogP contribution in [0.25, 0.3) is 0 Å². The summed E-state index contributed by atoms with van der Waals surface area (Å²) in [5.41, 5.74) is 1.31. The van der Waals surface area contributed by atoms with Crippen LogP contribution in [0.15, 0.2) is 29.0 Å². The summed E-state index contributed by atoms with van der Waals surface area (Å²) in [7, 11) is 0. The highest BCUT2D eigenvalue weighted by Crippen LogP contribution is 2.23. The van der Waals surface area contributed by atoms with Gasteiger partial charge in [-0.15, -0.1) is 32.9 Å². The van der Waals surface area contributed by atoms with Gasteiger partial charge in [-0.1, -0.05) is 6.07 Å². The highest BCUT2D eigenvalue weighted by molar-refractivity contribution is 7.10. The lowest BCUT2D eigenvalue weighted by molar-refractivity contribution is 0.152. The molecule has 0 saturated carbocycles. The minimum Gasteiger partial charge on any atom is -0.380 e. The van der Waals surface area contributed by atoms with Gasteiger partial charge in [-0.05, 0) is 41.8 Å². The lowest BCUT2D eigenvalue weighted by Gasteiger charge is -2.21. The maximum absolute atomic E-state index is 5.60. The Hall–Kier alpha value is -1.70. The van der Waals surface area contributed by atoms with E-state index in [1.54, 1.807) is 22.7 Å². The molecule has 0 spiro atoms. The molecule has 7 heteroatoms. The summed E-state index contributed by atoms with van der Waals surface area (Å²) in [6.07, 6.45) is 1.86. The lowest BCUT2D eigenvalue weighted by Crippen LogP contribution is -2.29. The number of ether oxygens (including phenoxy) is 1. The molecule has 0 atom stereocenters. The Balaban J connectivity index is 1.65. The van der Waals surface area contributed by atoms with Gasteiger partial charge in [-0.3, -0.25) is 4.57 Å². The molecular weight excluding hydrogens is 352 g/mol. The number of thiophene rings is 2. The molecule has 1 aliphatic rings. The Labute approximate surface area is 155 Å². The zero-order valence-electron chi connectivity index (χ0n) is 14.4. The van der Waals surface area contributed by atoms with Crippen molar-refractivity contribution in [2.45, 2.75) is 26.3 Å². The van der Waals surface area contributed by atoms with Gasteiger partial charge in [0.15, 0.2) is 0 Å². The van der Waals surface area contributed by atoms with E-state index in [1.165, 1.54) is 15.3 Å². The van der Waals surface area contributed by atoms with E-state index in [0.29, 0.717) is 0 Å². The fourth-order valence-electron chi connectivity index (χ4n) is 3.13. The average molecular weight is 375 g/mol. The molecule has 1 saturated heterocycles. The van der Waals surface area contributed by atoms with Crippen LogP contribution in [-0.2, 0) is 17.7 Å². The van der Waals surface area contributed by atoms with Gasteiger partial charge in [0.05, 0.1) is 13.2 Å². The summed E-state index contributed by atoms with van der Waals surface area (Å²) in [6, 6.07) is 6.53. The van der Waals surface area contributed by atoms with E-state index in [2.05, 4.69) is 55.5 Å². The van der Waals surface area contributed by atoms with Gasteiger partial charge in [0.25, 0.3) is 0 Å². The second-order valence-corrected chi connectivity index (χ2v) is 8.42. The van der Waals surface area contributed by atoms with E-state index in [9.17, 15) is 0 Å². The molecule has 25 heavy (non-hydrogen) atoms. The number of hydrogen-bond acceptors (Lipinski definition) is 6. The highest BCUT2D eigenvalue weighted by atomic mass is 32.1. The van der Waals surface area contributed by atoms with Gasteiger partial charge in [0, 0.05) is 35.9 Å². The predicted molar refractivity (Wildman–Crippen MR) is 103 cm³/mol. The first kappa shape index (κ1) is 16.8. The van der Waals surface area contributed by atoms with E-state index in [-0.39, 0.29) is 0 Å². The molecule has 3 aromatic rings. The number of hydrogen-bond donors (Lipinski definition) is 0. The smallest absolute Gasteiger partial charge is 0.227 e. The summed E-state index contributed by atoms with van der Waals surface area (Å²) in [4.78, 5) is 4.98. The van der Waals surface area contributed by atoms with Crippen molar-refractivity contribution in [1.82, 2.24) is 14.8 Å². The quantitative estimate of drug-likeness (QED) is 0.685. The van der Waals surface area contributed by atoms with Crippen molar-refractivity contribution in [3.8, 4) is 0 Å². The van der Waals surface area contributed by atoms with Crippen molar-refractivity contribution in [1.29, 1.82) is 0 Å². The Kier molecular flexibility index (Phi) is 5.14. The van der Waals surface area contributed by atoms with E-state index in [1.807, 2.05) is 0 Å². The van der Waals surface area contributed by atoms with Crippen molar-refractivity contribution in [2.75, 3.05) is 31.2 Å². The van der Waals surface area contributed by atoms with Crippen LogP contribution in [0.3, 0.4) is 0 Å². The normalized spacial score (nSPS) is 15.5. The monoisotopic (exact) mass is 374 g/mol. The molecule has 0 aromatic carbocycles. The van der Waals surface area contributed by atoms with Crippen molar-refractivity contribution >= 4 is 28.6 Å². The summed E-state index contributed by atoms with van der Waals surface area (Å²) in [5, 5.41) is 13.5. The molecule has 0 aliphatic carbocycles. The fraction of sp³-hybridized carbons (Fsp3) is 0.444. The maximum atomic E-state index is 5.60. The Morgan fingerprint density at radius 3 is 2.96 bits per heavy atom. The van der Waals surface area contributed by atoms with Crippen molar-refractivity contribution in [3.63, 3.8) is 0 Å². The number of nitrogens with zero attached hydrogens (tertiary/aromatic N) is 4. The Bertz CT molecular complexity index is 801. The molecule has 4 rings (SSSR count). The Morgan fingerprint density at radius 1 is 1.20 bits per heavy atom. The molecule has 0 N–H and O–H groups in total. The lowest BCUT2D eigenvalue weighted by atomic mass is 10.2. The second kappa shape index (κ2) is 7.68. The SMILES string of the molecule is Cc1cc(Cc2nnc(N3CCCOCC3)n2Cc2cccs2)cs1. The van der Waals surface area contributed by atoms with Crippen LogP contribution in [0.5, 0.6) is 0 Å². The van der Waals surface area contributed by atoms with Gasteiger partial charge >= 0.3 is 0 Å². The van der Waals surface area contributed by atoms with Crippen LogP contribution in [0.2, 0.25) is 0 Å². The molecule has 1 fully saturated rings. The topological polar surface area (TPSA) is 43.2 Å². The summed E-state index contributed by atoms with van der Waals surface area (Å²) in [5.74, 6) is 2.01. The minimum absolute atomic E-state index is 0.755. The van der Waals surface area contributed by atoms with E-state index >= 15 is 0 Å². The summed E-state index contributed by atoms with van der Waals surface area (Å²) < 4.78 is 7.88. The fourth-order valence-corrected chi connectivity index (χ4v) is 4.53. The molecule has 0 radical (unpaired) electrons. The van der Waals surface area contributed by atoms with Crippen LogP contribution >= 0.6 is 22.7 Å². The Morgan fingerprint density at radius 2 is 2.16 bits per heavy atom. The zero-order valence-corrected chi connectivity index (χ0v) is 16.0. The number of aromatic nitrogens is 3. The molecule has 0 amide bonds. The minimum atomic E-state index is 0.755. The second-order valence-electron chi connectivity index (χ2n) is 6.28. The van der Waals surface area contributed by atoms with Crippen LogP contribution in [0.1, 0.15) is 27.6 Å². The maximum Gasteiger partial charge on any atom is 0.227 e. The third kappa shape index (κ3) is 3.94. The van der Waals surface area contributed by atoms with E-state index in [0.717, 1.165) is 57.5 Å². The standard InChI is InChI=1S/C18H22N4OS2/c1-14-10-15(13-25-14)11-17-19-20-18(21-5-3-7-23-8-6-21)22(17)12-16-4-2-9-24-16/h2,4,9-10,13H,3,5-8,11-12H2,1H3. The predicted octanol–water partition coefficient (Wildman–Crippen LogP) is 3.58. The third-order valence-corrected chi connectivity index (χ3v) is 6.13. The van der Waals surface area contributed by atoms with Gasteiger partial charge < -0.3 is 9.64 Å². The van der Waals surface area contributed by atoms with Crippen molar-refractivity contribution < 1.29 is 4.74 Å². The highest BCUT2D eigenvalue weighted by Gasteiger charge is 2.20. The number of anilines is 1. The van der Waals surface area contributed by atoms with E-state index in [4.69, 9.17) is 4.74 Å². The van der Waals surface area contributed by atoms with Crippen LogP contribution in [0.4, 0.5) is 5.95 Å². The molecule has 132 valence electrons. The van der Waals surface area contributed by atoms with Gasteiger partial charge in [0.1, 0.15) is 5.82 Å². The van der Waals surface area contributed by atoms with Crippen molar-refractivity contribution in [2.24, 2.45) is 0 Å². The first-order valence-corrected chi connectivity index (χ1v) is 10.4. The molecule has 0 bridgehead atoms. The largest absolute Gasteiger partial charge is 0.380 e. The van der Waals surface area contributed by atoms with Crippen LogP contribution in [0, 0.1) is 6.92 Å². The van der Waals surface area contributed by atoms with Gasteiger partial charge in [0.2, 0.25) is 5.95 Å². The molecule has 3 aromatic heterocycles. The molecule has 4 heterocycles. The number of aryl methyl sites for hydroxylation is 1.